The summed E-state index contributed by atoms with van der Waals surface area (Å²) in [5.74, 6) is -0.586. The van der Waals surface area contributed by atoms with E-state index in [1.807, 2.05) is 0 Å². The Kier molecular flexibility index (Phi) is 4.90. The van der Waals surface area contributed by atoms with Crippen molar-refractivity contribution in [1.82, 2.24) is 9.47 Å². The maximum absolute atomic E-state index is 12.5. The molecule has 7 heteroatoms. The minimum absolute atomic E-state index is 0.0672. The number of nitrogens with one attached hydrogen (secondary N) is 1. The number of benzene rings is 1. The highest BCUT2D eigenvalue weighted by atomic mass is 35.5. The predicted molar refractivity (Wildman–Crippen MR) is 96.2 cm³/mol. The van der Waals surface area contributed by atoms with E-state index in [2.05, 4.69) is 5.32 Å². The summed E-state index contributed by atoms with van der Waals surface area (Å²) in [5.41, 5.74) is 0.405. The maximum Gasteiger partial charge on any atom is 0.274 e. The van der Waals surface area contributed by atoms with Gasteiger partial charge >= 0.3 is 0 Å². The van der Waals surface area contributed by atoms with Crippen molar-refractivity contribution in [3.63, 3.8) is 0 Å². The minimum atomic E-state index is -0.453. The Balaban J connectivity index is 1.89. The minimum Gasteiger partial charge on any atom is -0.339 e. The molecule has 130 valence electrons. The largest absolute Gasteiger partial charge is 0.339 e. The van der Waals surface area contributed by atoms with E-state index < -0.39 is 5.91 Å². The molecular weight excluding hydrogens is 342 g/mol. The number of aromatic nitrogens is 1. The van der Waals surface area contributed by atoms with Gasteiger partial charge in [0.05, 0.1) is 5.56 Å². The first-order chi connectivity index (χ1) is 12.0. The first-order valence-electron chi connectivity index (χ1n) is 8.02. The Morgan fingerprint density at radius 1 is 1.12 bits per heavy atom. The molecule has 6 nitrogen and oxygen atoms in total. The zero-order valence-corrected chi connectivity index (χ0v) is 14.5. The lowest BCUT2D eigenvalue weighted by Crippen LogP contribution is -2.30. The first kappa shape index (κ1) is 17.2. The van der Waals surface area contributed by atoms with Gasteiger partial charge in [0.25, 0.3) is 17.4 Å². The number of anilines is 1. The number of aryl methyl sites for hydroxylation is 1. The summed E-state index contributed by atoms with van der Waals surface area (Å²) < 4.78 is 1.30. The van der Waals surface area contributed by atoms with E-state index >= 15 is 0 Å². The summed E-state index contributed by atoms with van der Waals surface area (Å²) in [6.07, 6.45) is 3.46. The van der Waals surface area contributed by atoms with Crippen molar-refractivity contribution in [2.24, 2.45) is 7.05 Å². The second-order valence-electron chi connectivity index (χ2n) is 6.02. The number of hydrogen-bond acceptors (Lipinski definition) is 3. The molecule has 1 aliphatic heterocycles. The van der Waals surface area contributed by atoms with Crippen molar-refractivity contribution in [2.75, 3.05) is 18.4 Å². The van der Waals surface area contributed by atoms with Gasteiger partial charge in [-0.3, -0.25) is 14.4 Å². The summed E-state index contributed by atoms with van der Waals surface area (Å²) in [6.45, 7) is 1.43. The molecule has 0 saturated carbocycles. The van der Waals surface area contributed by atoms with Crippen LogP contribution in [0.4, 0.5) is 5.69 Å². The van der Waals surface area contributed by atoms with Crippen molar-refractivity contribution in [1.29, 1.82) is 0 Å². The van der Waals surface area contributed by atoms with Gasteiger partial charge in [0.1, 0.15) is 5.69 Å². The average Bonchev–Trinajstić information content (AvgIpc) is 3.12. The van der Waals surface area contributed by atoms with Crippen molar-refractivity contribution in [3.8, 4) is 0 Å². The van der Waals surface area contributed by atoms with Crippen molar-refractivity contribution in [2.45, 2.75) is 12.8 Å². The topological polar surface area (TPSA) is 71.4 Å². The fraction of sp³-hybridized carbons (Fsp3) is 0.278. The molecule has 0 bridgehead atoms. The lowest BCUT2D eigenvalue weighted by Gasteiger charge is -2.16. The van der Waals surface area contributed by atoms with Gasteiger partial charge in [0.15, 0.2) is 0 Å². The molecule has 1 saturated heterocycles. The molecule has 2 amide bonds. The zero-order chi connectivity index (χ0) is 18.0. The Morgan fingerprint density at radius 2 is 1.84 bits per heavy atom. The van der Waals surface area contributed by atoms with Crippen molar-refractivity contribution >= 4 is 29.1 Å². The van der Waals surface area contributed by atoms with Crippen LogP contribution in [0.3, 0.4) is 0 Å². The highest BCUT2D eigenvalue weighted by Gasteiger charge is 2.21. The van der Waals surface area contributed by atoms with Gasteiger partial charge in [0, 0.05) is 36.9 Å². The van der Waals surface area contributed by atoms with Gasteiger partial charge in [-0.15, -0.1) is 0 Å². The molecule has 3 rings (SSSR count). The molecule has 0 radical (unpaired) electrons. The fourth-order valence-electron chi connectivity index (χ4n) is 2.85. The fourth-order valence-corrected chi connectivity index (χ4v) is 3.04. The standard InChI is InChI=1S/C18H18ClN3O3/c1-21-11-13(17(24)22-7-2-3-8-22)10-15(18(21)25)20-16(23)12-5-4-6-14(19)9-12/h4-6,9-11H,2-3,7-8H2,1H3,(H,20,23). The Morgan fingerprint density at radius 3 is 2.52 bits per heavy atom. The molecule has 1 aromatic carbocycles. The summed E-state index contributed by atoms with van der Waals surface area (Å²) in [6, 6.07) is 7.87. The molecule has 0 aliphatic carbocycles. The summed E-state index contributed by atoms with van der Waals surface area (Å²) in [7, 11) is 1.55. The Bertz CT molecular complexity index is 885. The van der Waals surface area contributed by atoms with Crippen LogP contribution in [-0.4, -0.2) is 34.4 Å². The third-order valence-electron chi connectivity index (χ3n) is 4.16. The second-order valence-corrected chi connectivity index (χ2v) is 6.46. The SMILES string of the molecule is Cn1cc(C(=O)N2CCCC2)cc(NC(=O)c2cccc(Cl)c2)c1=O. The number of amides is 2. The number of hydrogen-bond donors (Lipinski definition) is 1. The first-order valence-corrected chi connectivity index (χ1v) is 8.40. The molecule has 2 aromatic rings. The molecule has 25 heavy (non-hydrogen) atoms. The molecule has 1 aliphatic rings. The van der Waals surface area contributed by atoms with Gasteiger partial charge in [-0.25, -0.2) is 0 Å². The molecule has 1 aromatic heterocycles. The zero-order valence-electron chi connectivity index (χ0n) is 13.8. The summed E-state index contributed by atoms with van der Waals surface area (Å²) in [5, 5.41) is 3.01. The van der Waals surface area contributed by atoms with Crippen molar-refractivity contribution in [3.05, 3.63) is 63.0 Å². The molecule has 2 heterocycles. The highest BCUT2D eigenvalue weighted by molar-refractivity contribution is 6.31. The van der Waals surface area contributed by atoms with Crippen LogP contribution in [0.25, 0.3) is 0 Å². The van der Waals surface area contributed by atoms with Crippen LogP contribution in [0.5, 0.6) is 0 Å². The van der Waals surface area contributed by atoms with Crippen LogP contribution < -0.4 is 10.9 Å². The van der Waals surface area contributed by atoms with E-state index in [0.29, 0.717) is 29.2 Å². The quantitative estimate of drug-likeness (QED) is 0.915. The predicted octanol–water partition coefficient (Wildman–Crippen LogP) is 2.53. The van der Waals surface area contributed by atoms with Gasteiger partial charge in [-0.1, -0.05) is 17.7 Å². The number of likely N-dealkylation sites (tertiary alicyclic amines) is 1. The molecule has 0 atom stereocenters. The van der Waals surface area contributed by atoms with Gasteiger partial charge in [-0.2, -0.15) is 0 Å². The van der Waals surface area contributed by atoms with Crippen LogP contribution in [-0.2, 0) is 7.05 Å². The van der Waals surface area contributed by atoms with Crippen LogP contribution in [0, 0.1) is 0 Å². The number of pyridine rings is 1. The van der Waals surface area contributed by atoms with E-state index in [9.17, 15) is 14.4 Å². The van der Waals surface area contributed by atoms with Gasteiger partial charge in [-0.05, 0) is 37.1 Å². The number of rotatable bonds is 3. The summed E-state index contributed by atoms with van der Waals surface area (Å²) in [4.78, 5) is 38.9. The third-order valence-corrected chi connectivity index (χ3v) is 4.39. The van der Waals surface area contributed by atoms with E-state index in [4.69, 9.17) is 11.6 Å². The molecule has 0 unspecified atom stereocenters. The number of carbonyl (C=O) groups excluding carboxylic acids is 2. The lowest BCUT2D eigenvalue weighted by molar-refractivity contribution is 0.0791. The maximum atomic E-state index is 12.5. The van der Waals surface area contributed by atoms with Crippen LogP contribution in [0.15, 0.2) is 41.3 Å². The number of carbonyl (C=O) groups is 2. The average molecular weight is 360 g/mol. The van der Waals surface area contributed by atoms with Gasteiger partial charge in [0.2, 0.25) is 0 Å². The van der Waals surface area contributed by atoms with Crippen molar-refractivity contribution < 1.29 is 9.59 Å². The van der Waals surface area contributed by atoms with E-state index in [0.717, 1.165) is 12.8 Å². The highest BCUT2D eigenvalue weighted by Crippen LogP contribution is 2.16. The van der Waals surface area contributed by atoms with Gasteiger partial charge < -0.3 is 14.8 Å². The van der Waals surface area contributed by atoms with Crippen LogP contribution >= 0.6 is 11.6 Å². The monoisotopic (exact) mass is 359 g/mol. The molecule has 1 N–H and O–H groups in total. The normalized spacial score (nSPS) is 13.8. The smallest absolute Gasteiger partial charge is 0.274 e. The second kappa shape index (κ2) is 7.11. The van der Waals surface area contributed by atoms with Crippen LogP contribution in [0.1, 0.15) is 33.6 Å². The third kappa shape index (κ3) is 3.74. The van der Waals surface area contributed by atoms with Crippen LogP contribution in [0.2, 0.25) is 5.02 Å². The molecule has 0 spiro atoms. The molecular formula is C18H18ClN3O3. The van der Waals surface area contributed by atoms with E-state index in [1.165, 1.54) is 22.9 Å². The molecule has 1 fully saturated rings. The number of halogens is 1. The lowest BCUT2D eigenvalue weighted by atomic mass is 10.2. The van der Waals surface area contributed by atoms with E-state index in [-0.39, 0.29) is 17.2 Å². The van der Waals surface area contributed by atoms with E-state index in [1.54, 1.807) is 30.1 Å². The number of nitrogens with zero attached hydrogens (tertiary/aromatic N) is 2. The summed E-state index contributed by atoms with van der Waals surface area (Å²) >= 11 is 5.89. The Hall–Kier alpha value is -2.60. The Labute approximate surface area is 150 Å².